The topological polar surface area (TPSA) is 81.6 Å². The van der Waals surface area contributed by atoms with Gasteiger partial charge in [0.15, 0.2) is 17.5 Å². The van der Waals surface area contributed by atoms with Gasteiger partial charge in [-0.25, -0.2) is 4.99 Å². The predicted octanol–water partition coefficient (Wildman–Crippen LogP) is 3.07. The molecular formula is C21H34IN3O5. The van der Waals surface area contributed by atoms with Crippen LogP contribution < -0.4 is 19.5 Å². The minimum Gasteiger partial charge on any atom is -0.493 e. The van der Waals surface area contributed by atoms with Crippen molar-refractivity contribution in [3.8, 4) is 17.2 Å². The van der Waals surface area contributed by atoms with Crippen molar-refractivity contribution in [2.45, 2.75) is 33.2 Å². The third-order valence-corrected chi connectivity index (χ3v) is 4.86. The third-order valence-electron chi connectivity index (χ3n) is 4.86. The van der Waals surface area contributed by atoms with Crippen molar-refractivity contribution in [3.05, 3.63) is 17.7 Å². The average Bonchev–Trinajstić information content (AvgIpc) is 2.76. The molecule has 1 aliphatic rings. The van der Waals surface area contributed by atoms with Crippen LogP contribution in [0.15, 0.2) is 17.1 Å². The van der Waals surface area contributed by atoms with Gasteiger partial charge in [0.1, 0.15) is 0 Å². The molecule has 8 nitrogen and oxygen atoms in total. The highest BCUT2D eigenvalue weighted by Gasteiger charge is 2.28. The maximum absolute atomic E-state index is 12.2. The van der Waals surface area contributed by atoms with Gasteiger partial charge in [-0.05, 0) is 38.8 Å². The fourth-order valence-corrected chi connectivity index (χ4v) is 3.50. The smallest absolute Gasteiger partial charge is 0.310 e. The number of rotatable bonds is 8. The van der Waals surface area contributed by atoms with Gasteiger partial charge < -0.3 is 29.2 Å². The number of hydrogen-bond donors (Lipinski definition) is 1. The number of nitrogens with one attached hydrogen (secondary N) is 1. The zero-order valence-electron chi connectivity index (χ0n) is 18.5. The van der Waals surface area contributed by atoms with E-state index < -0.39 is 0 Å². The molecule has 0 spiro atoms. The Bertz CT molecular complexity index is 714. The van der Waals surface area contributed by atoms with Crippen molar-refractivity contribution in [2.24, 2.45) is 10.9 Å². The number of hydrogen-bond acceptors (Lipinski definition) is 6. The molecule has 1 saturated heterocycles. The Morgan fingerprint density at radius 3 is 2.50 bits per heavy atom. The highest BCUT2D eigenvalue weighted by molar-refractivity contribution is 14.0. The number of carbonyl (C=O) groups is 1. The molecule has 1 aliphatic heterocycles. The van der Waals surface area contributed by atoms with Gasteiger partial charge in [-0.15, -0.1) is 24.0 Å². The van der Waals surface area contributed by atoms with E-state index in [1.165, 1.54) is 0 Å². The van der Waals surface area contributed by atoms with E-state index >= 15 is 0 Å². The maximum Gasteiger partial charge on any atom is 0.310 e. The molecule has 0 radical (unpaired) electrons. The largest absolute Gasteiger partial charge is 0.493 e. The molecule has 30 heavy (non-hydrogen) atoms. The SMILES string of the molecule is CCNC(=NCc1ccc(OC)c(OC)c1OC)N1CCCC(C(=O)OCC)C1.I. The molecule has 0 aromatic heterocycles. The Morgan fingerprint density at radius 1 is 1.17 bits per heavy atom. The molecule has 170 valence electrons. The van der Waals surface area contributed by atoms with Gasteiger partial charge in [0, 0.05) is 25.2 Å². The van der Waals surface area contributed by atoms with E-state index in [2.05, 4.69) is 10.2 Å². The third kappa shape index (κ3) is 6.55. The average molecular weight is 535 g/mol. The summed E-state index contributed by atoms with van der Waals surface area (Å²) in [5.41, 5.74) is 0.888. The minimum atomic E-state index is -0.130. The standard InChI is InChI=1S/C21H33N3O5.HI/c1-6-22-21(24-12-8-9-16(14-24)20(25)29-7-2)23-13-15-10-11-17(26-3)19(28-5)18(15)27-4;/h10-11,16H,6-9,12-14H2,1-5H3,(H,22,23);1H. The summed E-state index contributed by atoms with van der Waals surface area (Å²) in [4.78, 5) is 19.1. The van der Waals surface area contributed by atoms with Crippen molar-refractivity contribution in [2.75, 3.05) is 47.6 Å². The molecule has 1 N–H and O–H groups in total. The summed E-state index contributed by atoms with van der Waals surface area (Å²) in [5.74, 6) is 2.29. The molecule has 1 fully saturated rings. The van der Waals surface area contributed by atoms with E-state index in [9.17, 15) is 4.79 Å². The second-order valence-electron chi connectivity index (χ2n) is 6.70. The van der Waals surface area contributed by atoms with Crippen LogP contribution in [0.2, 0.25) is 0 Å². The van der Waals surface area contributed by atoms with E-state index in [1.807, 2.05) is 26.0 Å². The van der Waals surface area contributed by atoms with Crippen molar-refractivity contribution in [1.82, 2.24) is 10.2 Å². The number of ether oxygens (including phenoxy) is 4. The molecule has 9 heteroatoms. The van der Waals surface area contributed by atoms with Crippen molar-refractivity contribution >= 4 is 35.9 Å². The van der Waals surface area contributed by atoms with E-state index in [4.69, 9.17) is 23.9 Å². The molecule has 1 atom stereocenters. The number of piperidine rings is 1. The maximum atomic E-state index is 12.2. The Balaban J connectivity index is 0.00000450. The quantitative estimate of drug-likeness (QED) is 0.237. The zero-order chi connectivity index (χ0) is 21.2. The zero-order valence-corrected chi connectivity index (χ0v) is 20.9. The van der Waals surface area contributed by atoms with Gasteiger partial charge in [-0.2, -0.15) is 0 Å². The van der Waals surface area contributed by atoms with E-state index in [0.717, 1.165) is 37.5 Å². The van der Waals surface area contributed by atoms with Crippen LogP contribution in [-0.4, -0.2) is 64.4 Å². The highest BCUT2D eigenvalue weighted by atomic mass is 127. The summed E-state index contributed by atoms with van der Waals surface area (Å²) in [7, 11) is 4.78. The molecule has 0 bridgehead atoms. The van der Waals surface area contributed by atoms with Crippen molar-refractivity contribution in [1.29, 1.82) is 0 Å². The first-order chi connectivity index (χ1) is 14.1. The van der Waals surface area contributed by atoms with Crippen LogP contribution in [-0.2, 0) is 16.1 Å². The number of aliphatic imine (C=N–C) groups is 1. The number of guanidine groups is 1. The normalized spacial score (nSPS) is 16.4. The van der Waals surface area contributed by atoms with Crippen LogP contribution >= 0.6 is 24.0 Å². The summed E-state index contributed by atoms with van der Waals surface area (Å²) in [6.07, 6.45) is 1.77. The Labute approximate surface area is 196 Å². The fraction of sp³-hybridized carbons (Fsp3) is 0.619. The minimum absolute atomic E-state index is 0. The van der Waals surface area contributed by atoms with Crippen LogP contribution in [0, 0.1) is 5.92 Å². The molecule has 0 amide bonds. The van der Waals surface area contributed by atoms with Crippen LogP contribution in [0.5, 0.6) is 17.2 Å². The first-order valence-corrected chi connectivity index (χ1v) is 10.1. The number of nitrogens with zero attached hydrogens (tertiary/aromatic N) is 2. The lowest BCUT2D eigenvalue weighted by Crippen LogP contribution is -2.48. The van der Waals surface area contributed by atoms with Gasteiger partial charge in [-0.1, -0.05) is 0 Å². The summed E-state index contributed by atoms with van der Waals surface area (Å²) >= 11 is 0. The second kappa shape index (κ2) is 13.4. The fourth-order valence-electron chi connectivity index (χ4n) is 3.50. The number of esters is 1. The lowest BCUT2D eigenvalue weighted by Gasteiger charge is -2.34. The molecule has 1 aromatic carbocycles. The Kier molecular flexibility index (Phi) is 11.7. The van der Waals surface area contributed by atoms with Crippen LogP contribution in [0.1, 0.15) is 32.3 Å². The summed E-state index contributed by atoms with van der Waals surface area (Å²) in [6.45, 7) is 6.87. The van der Waals surface area contributed by atoms with Crippen molar-refractivity contribution < 1.29 is 23.7 Å². The van der Waals surface area contributed by atoms with Gasteiger partial charge >= 0.3 is 5.97 Å². The van der Waals surface area contributed by atoms with E-state index in [1.54, 1.807) is 21.3 Å². The number of likely N-dealkylation sites (tertiary alicyclic amines) is 1. The van der Waals surface area contributed by atoms with E-state index in [-0.39, 0.29) is 35.9 Å². The molecule has 2 rings (SSSR count). The highest BCUT2D eigenvalue weighted by Crippen LogP contribution is 2.40. The van der Waals surface area contributed by atoms with Crippen LogP contribution in [0.25, 0.3) is 0 Å². The first-order valence-electron chi connectivity index (χ1n) is 10.1. The lowest BCUT2D eigenvalue weighted by atomic mass is 9.98. The number of halogens is 1. The predicted molar refractivity (Wildman–Crippen MR) is 127 cm³/mol. The monoisotopic (exact) mass is 535 g/mol. The summed E-state index contributed by atoms with van der Waals surface area (Å²) < 4.78 is 21.6. The lowest BCUT2D eigenvalue weighted by molar-refractivity contribution is -0.149. The molecule has 1 heterocycles. The van der Waals surface area contributed by atoms with Crippen LogP contribution in [0.3, 0.4) is 0 Å². The Morgan fingerprint density at radius 2 is 1.90 bits per heavy atom. The first kappa shape index (κ1) is 26.1. The number of benzene rings is 1. The van der Waals surface area contributed by atoms with Gasteiger partial charge in [-0.3, -0.25) is 4.79 Å². The van der Waals surface area contributed by atoms with Gasteiger partial charge in [0.2, 0.25) is 5.75 Å². The second-order valence-corrected chi connectivity index (χ2v) is 6.70. The summed E-state index contributed by atoms with van der Waals surface area (Å²) in [6, 6.07) is 3.77. The summed E-state index contributed by atoms with van der Waals surface area (Å²) in [5, 5.41) is 3.33. The Hall–Kier alpha value is -1.91. The van der Waals surface area contributed by atoms with Gasteiger partial charge in [0.05, 0.1) is 40.4 Å². The molecule has 0 aliphatic carbocycles. The van der Waals surface area contributed by atoms with Crippen LogP contribution in [0.4, 0.5) is 0 Å². The molecule has 1 aromatic rings. The van der Waals surface area contributed by atoms with E-state index in [0.29, 0.717) is 36.9 Å². The molecule has 0 saturated carbocycles. The number of methoxy groups -OCH3 is 3. The van der Waals surface area contributed by atoms with Gasteiger partial charge in [0.25, 0.3) is 0 Å². The molecule has 1 unspecified atom stereocenters. The number of carbonyl (C=O) groups excluding carboxylic acids is 1. The molecular weight excluding hydrogens is 501 g/mol. The van der Waals surface area contributed by atoms with Crippen molar-refractivity contribution in [3.63, 3.8) is 0 Å².